The summed E-state index contributed by atoms with van der Waals surface area (Å²) in [5.41, 5.74) is 1.36. The zero-order valence-corrected chi connectivity index (χ0v) is 12.2. The average Bonchev–Trinajstić information content (AvgIpc) is 2.85. The molecule has 0 fully saturated rings. The minimum absolute atomic E-state index is 0.174. The van der Waals surface area contributed by atoms with Crippen LogP contribution in [0, 0.1) is 6.92 Å². The van der Waals surface area contributed by atoms with Crippen molar-refractivity contribution in [3.05, 3.63) is 59.4 Å². The minimum atomic E-state index is -1.24. The number of furan rings is 1. The number of carboxylic acids is 1. The predicted octanol–water partition coefficient (Wildman–Crippen LogP) is 3.40. The number of para-hydroxylation sites is 1. The second-order valence-electron chi connectivity index (χ2n) is 5.04. The number of nitrogens with one attached hydrogen (secondary N) is 1. The molecule has 0 aliphatic rings. The monoisotopic (exact) mass is 311 g/mol. The molecule has 0 radical (unpaired) electrons. The van der Waals surface area contributed by atoms with E-state index < -0.39 is 17.6 Å². The van der Waals surface area contributed by atoms with Crippen LogP contribution in [0.4, 0.5) is 5.69 Å². The third-order valence-electron chi connectivity index (χ3n) is 3.54. The van der Waals surface area contributed by atoms with E-state index in [9.17, 15) is 14.7 Å². The highest BCUT2D eigenvalue weighted by Gasteiger charge is 2.18. The molecule has 1 amide bonds. The van der Waals surface area contributed by atoms with Crippen molar-refractivity contribution in [3.63, 3.8) is 0 Å². The normalized spacial score (nSPS) is 10.7. The first-order chi connectivity index (χ1) is 11.0. The molecule has 0 saturated carbocycles. The fourth-order valence-electron chi connectivity index (χ4n) is 2.37. The first-order valence-electron chi connectivity index (χ1n) is 6.83. The number of rotatable bonds is 3. The first-order valence-corrected chi connectivity index (χ1v) is 6.83. The third kappa shape index (κ3) is 2.62. The van der Waals surface area contributed by atoms with Gasteiger partial charge in [-0.05, 0) is 25.1 Å². The van der Waals surface area contributed by atoms with Crippen molar-refractivity contribution in [1.29, 1.82) is 0 Å². The van der Waals surface area contributed by atoms with E-state index in [0.717, 1.165) is 5.39 Å². The first kappa shape index (κ1) is 14.6. The van der Waals surface area contributed by atoms with E-state index >= 15 is 0 Å². The molecule has 0 atom stereocenters. The fraction of sp³-hybridized carbons (Fsp3) is 0.0588. The average molecular weight is 311 g/mol. The van der Waals surface area contributed by atoms with Gasteiger partial charge >= 0.3 is 5.97 Å². The number of phenols is 1. The Morgan fingerprint density at radius 2 is 1.87 bits per heavy atom. The summed E-state index contributed by atoms with van der Waals surface area (Å²) in [6.07, 6.45) is 0. The number of carboxylic acid groups (broad SMARTS) is 1. The quantitative estimate of drug-likeness (QED) is 0.688. The number of benzene rings is 2. The van der Waals surface area contributed by atoms with E-state index in [1.807, 2.05) is 18.2 Å². The second-order valence-corrected chi connectivity index (χ2v) is 5.04. The van der Waals surface area contributed by atoms with Crippen LogP contribution in [-0.4, -0.2) is 22.1 Å². The van der Waals surface area contributed by atoms with Crippen molar-refractivity contribution < 1.29 is 24.2 Å². The van der Waals surface area contributed by atoms with Crippen molar-refractivity contribution >= 4 is 28.5 Å². The standard InChI is InChI=1S/C17H13NO5/c1-9-11-4-2-3-5-14(11)23-15(9)16(20)18-10-6-7-12(17(21)22)13(19)8-10/h2-8,19H,1H3,(H,18,20)(H,21,22). The smallest absolute Gasteiger partial charge is 0.339 e. The number of hydrogen-bond donors (Lipinski definition) is 3. The van der Waals surface area contributed by atoms with Crippen LogP contribution in [0.1, 0.15) is 26.5 Å². The van der Waals surface area contributed by atoms with Gasteiger partial charge in [-0.1, -0.05) is 18.2 Å². The summed E-state index contributed by atoms with van der Waals surface area (Å²) in [4.78, 5) is 23.2. The summed E-state index contributed by atoms with van der Waals surface area (Å²) in [5.74, 6) is -1.96. The summed E-state index contributed by atoms with van der Waals surface area (Å²) < 4.78 is 5.56. The van der Waals surface area contributed by atoms with Crippen LogP contribution in [-0.2, 0) is 0 Å². The van der Waals surface area contributed by atoms with Crippen LogP contribution in [0.5, 0.6) is 5.75 Å². The van der Waals surface area contributed by atoms with E-state index in [1.54, 1.807) is 13.0 Å². The van der Waals surface area contributed by atoms with Crippen LogP contribution in [0.2, 0.25) is 0 Å². The molecule has 0 aliphatic heterocycles. The van der Waals surface area contributed by atoms with E-state index in [-0.39, 0.29) is 17.0 Å². The molecule has 6 heteroatoms. The molecule has 0 aliphatic carbocycles. The number of anilines is 1. The summed E-state index contributed by atoms with van der Waals surface area (Å²) in [5, 5.41) is 22.0. The summed E-state index contributed by atoms with van der Waals surface area (Å²) >= 11 is 0. The van der Waals surface area contributed by atoms with Gasteiger partial charge in [-0.15, -0.1) is 0 Å². The van der Waals surface area contributed by atoms with Crippen LogP contribution in [0.25, 0.3) is 11.0 Å². The van der Waals surface area contributed by atoms with Crippen molar-refractivity contribution in [3.8, 4) is 5.75 Å². The van der Waals surface area contributed by atoms with Gasteiger partial charge in [0.15, 0.2) is 5.76 Å². The molecule has 0 spiro atoms. The van der Waals surface area contributed by atoms with Crippen LogP contribution in [0.15, 0.2) is 46.9 Å². The van der Waals surface area contributed by atoms with Crippen LogP contribution in [0.3, 0.4) is 0 Å². The van der Waals surface area contributed by atoms with Gasteiger partial charge in [0.2, 0.25) is 0 Å². The molecular weight excluding hydrogens is 298 g/mol. The molecule has 0 unspecified atom stereocenters. The third-order valence-corrected chi connectivity index (χ3v) is 3.54. The lowest BCUT2D eigenvalue weighted by Crippen LogP contribution is -2.12. The molecule has 1 aromatic heterocycles. The number of carbonyl (C=O) groups excluding carboxylic acids is 1. The Labute approximate surface area is 131 Å². The Balaban J connectivity index is 1.90. The lowest BCUT2D eigenvalue weighted by molar-refractivity contribution is 0.0693. The number of aryl methyl sites for hydroxylation is 1. The maximum Gasteiger partial charge on any atom is 0.339 e. The fourth-order valence-corrected chi connectivity index (χ4v) is 2.37. The van der Waals surface area contributed by atoms with Crippen LogP contribution >= 0.6 is 0 Å². The zero-order valence-electron chi connectivity index (χ0n) is 12.2. The van der Waals surface area contributed by atoms with Gasteiger partial charge in [-0.25, -0.2) is 4.79 Å². The van der Waals surface area contributed by atoms with Crippen molar-refractivity contribution in [2.45, 2.75) is 6.92 Å². The number of hydrogen-bond acceptors (Lipinski definition) is 4. The molecule has 23 heavy (non-hydrogen) atoms. The van der Waals surface area contributed by atoms with Crippen LogP contribution < -0.4 is 5.32 Å². The van der Waals surface area contributed by atoms with Crippen molar-refractivity contribution in [2.75, 3.05) is 5.32 Å². The maximum atomic E-state index is 12.3. The SMILES string of the molecule is Cc1c(C(=O)Nc2ccc(C(=O)O)c(O)c2)oc2ccccc12. The molecule has 6 nitrogen and oxygen atoms in total. The molecule has 0 bridgehead atoms. The van der Waals surface area contributed by atoms with Gasteiger partial charge < -0.3 is 19.9 Å². The van der Waals surface area contributed by atoms with Crippen molar-refractivity contribution in [2.24, 2.45) is 0 Å². The highest BCUT2D eigenvalue weighted by Crippen LogP contribution is 2.27. The highest BCUT2D eigenvalue weighted by atomic mass is 16.4. The Bertz CT molecular complexity index is 926. The number of amides is 1. The molecule has 0 saturated heterocycles. The largest absolute Gasteiger partial charge is 0.507 e. The number of carbonyl (C=O) groups is 2. The maximum absolute atomic E-state index is 12.3. The van der Waals surface area contributed by atoms with Gasteiger partial charge in [0.25, 0.3) is 5.91 Å². The molecule has 3 N–H and O–H groups in total. The minimum Gasteiger partial charge on any atom is -0.507 e. The summed E-state index contributed by atoms with van der Waals surface area (Å²) in [6, 6.07) is 11.1. The molecule has 1 heterocycles. The molecule has 116 valence electrons. The molecular formula is C17H13NO5. The van der Waals surface area contributed by atoms with E-state index in [2.05, 4.69) is 5.32 Å². The number of aromatic carboxylic acids is 1. The zero-order chi connectivity index (χ0) is 16.6. The number of aromatic hydroxyl groups is 1. The topological polar surface area (TPSA) is 99.8 Å². The highest BCUT2D eigenvalue weighted by molar-refractivity contribution is 6.06. The van der Waals surface area contributed by atoms with Gasteiger partial charge in [-0.3, -0.25) is 4.79 Å². The Morgan fingerprint density at radius 3 is 2.52 bits per heavy atom. The Morgan fingerprint density at radius 1 is 1.13 bits per heavy atom. The van der Waals surface area contributed by atoms with Gasteiger partial charge in [0.1, 0.15) is 16.9 Å². The predicted molar refractivity (Wildman–Crippen MR) is 84.0 cm³/mol. The van der Waals surface area contributed by atoms with E-state index in [1.165, 1.54) is 18.2 Å². The molecule has 3 rings (SSSR count). The lowest BCUT2D eigenvalue weighted by Gasteiger charge is -2.06. The van der Waals surface area contributed by atoms with Crippen molar-refractivity contribution in [1.82, 2.24) is 0 Å². The Kier molecular flexibility index (Phi) is 3.50. The lowest BCUT2D eigenvalue weighted by atomic mass is 10.1. The van der Waals surface area contributed by atoms with E-state index in [4.69, 9.17) is 9.52 Å². The molecule has 3 aromatic rings. The summed E-state index contributed by atoms with van der Waals surface area (Å²) in [6.45, 7) is 1.78. The summed E-state index contributed by atoms with van der Waals surface area (Å²) in [7, 11) is 0. The Hall–Kier alpha value is -3.28. The van der Waals surface area contributed by atoms with Gasteiger partial charge in [-0.2, -0.15) is 0 Å². The van der Waals surface area contributed by atoms with Gasteiger partial charge in [0.05, 0.1) is 0 Å². The van der Waals surface area contributed by atoms with Gasteiger partial charge in [0, 0.05) is 22.7 Å². The second kappa shape index (κ2) is 5.49. The number of fused-ring (bicyclic) bond motifs is 1. The molecule has 2 aromatic carbocycles. The van der Waals surface area contributed by atoms with E-state index in [0.29, 0.717) is 11.1 Å².